The minimum Gasteiger partial charge on any atom is -0.268 e. The minimum atomic E-state index is -4.07. The fourth-order valence-corrected chi connectivity index (χ4v) is 5.30. The van der Waals surface area contributed by atoms with E-state index in [2.05, 4.69) is 4.98 Å². The second kappa shape index (κ2) is 6.22. The summed E-state index contributed by atoms with van der Waals surface area (Å²) in [5, 5.41) is 0.412. The van der Waals surface area contributed by atoms with Gasteiger partial charge in [-0.1, -0.05) is 46.1 Å². The molecule has 0 spiro atoms. The first-order valence-electron chi connectivity index (χ1n) is 6.46. The number of halogens is 3. The quantitative estimate of drug-likeness (QED) is 0.822. The molecule has 1 aliphatic carbocycles. The summed E-state index contributed by atoms with van der Waals surface area (Å²) in [5.74, 6) is -0.752. The Morgan fingerprint density at radius 2 is 1.96 bits per heavy atom. The average molecular weight is 412 g/mol. The molecule has 23 heavy (non-hydrogen) atoms. The molecule has 3 rings (SSSR count). The smallest absolute Gasteiger partial charge is 0.268 e. The van der Waals surface area contributed by atoms with Crippen LogP contribution in [0.1, 0.15) is 34.8 Å². The van der Waals surface area contributed by atoms with E-state index in [-0.39, 0.29) is 25.2 Å². The van der Waals surface area contributed by atoms with Gasteiger partial charge >= 0.3 is 0 Å². The van der Waals surface area contributed by atoms with E-state index in [1.807, 2.05) is 4.72 Å². The van der Waals surface area contributed by atoms with Crippen LogP contribution >= 0.6 is 46.1 Å². The lowest BCUT2D eigenvalue weighted by molar-refractivity contribution is 0.0981. The van der Waals surface area contributed by atoms with Gasteiger partial charge in [0.25, 0.3) is 15.9 Å². The number of nitrogens with zero attached hydrogens (tertiary/aromatic N) is 1. The molecular weight excluding hydrogens is 403 g/mol. The lowest BCUT2D eigenvalue weighted by atomic mass is 10.2. The van der Waals surface area contributed by atoms with Crippen LogP contribution in [0.3, 0.4) is 0 Å². The molecule has 0 saturated heterocycles. The molecular formula is C13H9Cl3N2O3S2. The Morgan fingerprint density at radius 3 is 2.57 bits per heavy atom. The molecule has 1 aromatic heterocycles. The number of aromatic nitrogens is 1. The first-order valence-corrected chi connectivity index (χ1v) is 9.89. The molecule has 1 fully saturated rings. The molecule has 0 aliphatic heterocycles. The van der Waals surface area contributed by atoms with Crippen LogP contribution in [0.25, 0.3) is 0 Å². The van der Waals surface area contributed by atoms with Gasteiger partial charge in [0, 0.05) is 10.9 Å². The lowest BCUT2D eigenvalue weighted by Crippen LogP contribution is -2.30. The topological polar surface area (TPSA) is 76.1 Å². The second-order valence-corrected chi connectivity index (χ2v) is 9.28. The first-order chi connectivity index (χ1) is 10.8. The van der Waals surface area contributed by atoms with Crippen molar-refractivity contribution in [3.8, 4) is 0 Å². The standard InChI is InChI=1S/C13H9Cl3N2O3S2/c14-7-3-4-8(9(15)5-7)11(19)18-23(20,21)12-10(6-1-2-6)17-13(16)22-12/h3-6H,1-2H2,(H,18,19). The first kappa shape index (κ1) is 17.0. The summed E-state index contributed by atoms with van der Waals surface area (Å²) in [6, 6.07) is 4.18. The van der Waals surface area contributed by atoms with E-state index in [1.165, 1.54) is 18.2 Å². The number of carbonyl (C=O) groups excluding carboxylic acids is 1. The predicted molar refractivity (Wildman–Crippen MR) is 90.2 cm³/mol. The maximum Gasteiger partial charge on any atom is 0.275 e. The highest BCUT2D eigenvalue weighted by molar-refractivity contribution is 7.92. The normalized spacial score (nSPS) is 14.7. The molecule has 122 valence electrons. The number of hydrogen-bond donors (Lipinski definition) is 1. The van der Waals surface area contributed by atoms with Crippen molar-refractivity contribution in [2.45, 2.75) is 23.0 Å². The summed E-state index contributed by atoms with van der Waals surface area (Å²) in [5.41, 5.74) is 0.436. The highest BCUT2D eigenvalue weighted by Crippen LogP contribution is 2.44. The molecule has 1 aromatic carbocycles. The van der Waals surface area contributed by atoms with Crippen molar-refractivity contribution in [2.75, 3.05) is 0 Å². The molecule has 1 saturated carbocycles. The monoisotopic (exact) mass is 410 g/mol. The van der Waals surface area contributed by atoms with Crippen LogP contribution in [-0.4, -0.2) is 19.3 Å². The van der Waals surface area contributed by atoms with Gasteiger partial charge in [-0.25, -0.2) is 18.1 Å². The van der Waals surface area contributed by atoms with Gasteiger partial charge in [0.2, 0.25) is 0 Å². The summed E-state index contributed by atoms with van der Waals surface area (Å²) in [6.07, 6.45) is 1.72. The number of sulfonamides is 1. The Morgan fingerprint density at radius 1 is 1.26 bits per heavy atom. The van der Waals surface area contributed by atoms with Gasteiger partial charge in [-0.2, -0.15) is 0 Å². The maximum atomic E-state index is 12.5. The zero-order chi connectivity index (χ0) is 16.8. The van der Waals surface area contributed by atoms with Crippen LogP contribution in [0.15, 0.2) is 22.4 Å². The van der Waals surface area contributed by atoms with Crippen molar-refractivity contribution in [1.82, 2.24) is 9.71 Å². The summed E-state index contributed by atoms with van der Waals surface area (Å²) in [6.45, 7) is 0. The van der Waals surface area contributed by atoms with Crippen molar-refractivity contribution in [3.05, 3.63) is 44.0 Å². The molecule has 2 aromatic rings. The molecule has 1 N–H and O–H groups in total. The van der Waals surface area contributed by atoms with Crippen molar-refractivity contribution >= 4 is 62.1 Å². The fourth-order valence-electron chi connectivity index (χ4n) is 2.00. The third kappa shape index (κ3) is 3.64. The van der Waals surface area contributed by atoms with Crippen molar-refractivity contribution in [1.29, 1.82) is 0 Å². The number of hydrogen-bond acceptors (Lipinski definition) is 5. The highest BCUT2D eigenvalue weighted by atomic mass is 35.5. The zero-order valence-electron chi connectivity index (χ0n) is 11.3. The molecule has 0 unspecified atom stereocenters. The van der Waals surface area contributed by atoms with Gasteiger partial charge in [0.15, 0.2) is 8.68 Å². The summed E-state index contributed by atoms with van der Waals surface area (Å²) < 4.78 is 27.0. The van der Waals surface area contributed by atoms with Crippen LogP contribution in [0, 0.1) is 0 Å². The highest BCUT2D eigenvalue weighted by Gasteiger charge is 2.35. The Kier molecular flexibility index (Phi) is 4.59. The van der Waals surface area contributed by atoms with Crippen LogP contribution in [0.4, 0.5) is 0 Å². The largest absolute Gasteiger partial charge is 0.275 e. The van der Waals surface area contributed by atoms with Crippen molar-refractivity contribution in [3.63, 3.8) is 0 Å². The van der Waals surface area contributed by atoms with E-state index in [1.54, 1.807) is 0 Å². The lowest BCUT2D eigenvalue weighted by Gasteiger charge is -2.08. The average Bonchev–Trinajstić information content (AvgIpc) is 3.20. The number of rotatable bonds is 4. The van der Waals surface area contributed by atoms with Gasteiger partial charge in [0.1, 0.15) is 0 Å². The molecule has 1 amide bonds. The van der Waals surface area contributed by atoms with Gasteiger partial charge in [0.05, 0.1) is 16.3 Å². The van der Waals surface area contributed by atoms with Crippen molar-refractivity contribution in [2.24, 2.45) is 0 Å². The van der Waals surface area contributed by atoms with Gasteiger partial charge in [-0.3, -0.25) is 4.79 Å². The van der Waals surface area contributed by atoms with Crippen LogP contribution in [0.5, 0.6) is 0 Å². The minimum absolute atomic E-state index is 0.0169. The summed E-state index contributed by atoms with van der Waals surface area (Å²) >= 11 is 18.3. The van der Waals surface area contributed by atoms with Crippen LogP contribution in [-0.2, 0) is 10.0 Å². The van der Waals surface area contributed by atoms with E-state index in [9.17, 15) is 13.2 Å². The van der Waals surface area contributed by atoms with E-state index in [4.69, 9.17) is 34.8 Å². The summed E-state index contributed by atoms with van der Waals surface area (Å²) in [4.78, 5) is 16.3. The molecule has 10 heteroatoms. The Bertz CT molecular complexity index is 892. The third-order valence-electron chi connectivity index (χ3n) is 3.21. The third-order valence-corrected chi connectivity index (χ3v) is 6.78. The molecule has 5 nitrogen and oxygen atoms in total. The van der Waals surface area contributed by atoms with E-state index in [0.29, 0.717) is 10.7 Å². The second-order valence-electron chi connectivity index (χ2n) is 4.97. The number of benzene rings is 1. The van der Waals surface area contributed by atoms with Gasteiger partial charge in [-0.15, -0.1) is 0 Å². The Hall–Kier alpha value is -0.860. The molecule has 0 atom stereocenters. The molecule has 0 bridgehead atoms. The van der Waals surface area contributed by atoms with Crippen LogP contribution in [0.2, 0.25) is 14.5 Å². The number of carbonyl (C=O) groups is 1. The SMILES string of the molecule is O=C(NS(=O)(=O)c1sc(Cl)nc1C1CC1)c1ccc(Cl)cc1Cl. The van der Waals surface area contributed by atoms with E-state index >= 15 is 0 Å². The number of nitrogens with one attached hydrogen (secondary N) is 1. The molecule has 0 radical (unpaired) electrons. The number of amides is 1. The Labute approximate surface area is 151 Å². The fraction of sp³-hybridized carbons (Fsp3) is 0.231. The van der Waals surface area contributed by atoms with Gasteiger partial charge in [-0.05, 0) is 31.0 Å². The summed E-state index contributed by atoms with van der Waals surface area (Å²) in [7, 11) is -4.07. The molecule has 1 heterocycles. The van der Waals surface area contributed by atoms with E-state index < -0.39 is 15.9 Å². The predicted octanol–water partition coefficient (Wildman–Crippen LogP) is 4.10. The van der Waals surface area contributed by atoms with E-state index in [0.717, 1.165) is 24.2 Å². The number of thiazole rings is 1. The Balaban J connectivity index is 1.90. The molecule has 1 aliphatic rings. The maximum absolute atomic E-state index is 12.5. The van der Waals surface area contributed by atoms with Gasteiger partial charge < -0.3 is 0 Å². The van der Waals surface area contributed by atoms with Crippen molar-refractivity contribution < 1.29 is 13.2 Å². The zero-order valence-corrected chi connectivity index (χ0v) is 15.2. The van der Waals surface area contributed by atoms with Crippen LogP contribution < -0.4 is 4.72 Å².